The van der Waals surface area contributed by atoms with Crippen molar-refractivity contribution in [2.75, 3.05) is 26.2 Å². The molecular weight excluding hydrogens is 388 g/mol. The number of aliphatic hydroxyl groups is 1. The van der Waals surface area contributed by atoms with Gasteiger partial charge in [0.25, 0.3) is 5.91 Å². The molecule has 0 saturated carbocycles. The lowest BCUT2D eigenvalue weighted by atomic mass is 10.1. The number of benzene rings is 2. The number of likely N-dealkylation sites (tertiary alicyclic amines) is 1. The third-order valence-corrected chi connectivity index (χ3v) is 5.57. The quantitative estimate of drug-likeness (QED) is 0.454. The number of phenolic OH excluding ortho intramolecular Hbond substituents is 1. The molecule has 1 fully saturated rings. The number of hydrogen-bond donors (Lipinski definition) is 4. The second-order valence-electron chi connectivity index (χ2n) is 7.45. The number of H-pyrrole nitrogens is 1. The Morgan fingerprint density at radius 1 is 1.23 bits per heavy atom. The van der Waals surface area contributed by atoms with E-state index in [0.717, 1.165) is 32.5 Å². The minimum Gasteiger partial charge on any atom is -0.515 e. The molecule has 2 heterocycles. The molecule has 3 aromatic rings. The van der Waals surface area contributed by atoms with Crippen molar-refractivity contribution in [3.05, 3.63) is 48.9 Å². The third kappa shape index (κ3) is 3.26. The highest BCUT2D eigenvalue weighted by molar-refractivity contribution is 6.06. The summed E-state index contributed by atoms with van der Waals surface area (Å²) in [6.45, 7) is 4.67. The SMILES string of the molecule is Cc1c(O)c(=CO)c2nc3c(=O)ccc(C(=O)NCCN4CCCC4)c3[nH]c2c1=O. The van der Waals surface area contributed by atoms with Gasteiger partial charge in [-0.2, -0.15) is 0 Å². The van der Waals surface area contributed by atoms with Crippen LogP contribution in [0, 0.1) is 6.92 Å². The summed E-state index contributed by atoms with van der Waals surface area (Å²) in [7, 11) is 0. The summed E-state index contributed by atoms with van der Waals surface area (Å²) in [5.41, 5.74) is -0.723. The average Bonchev–Trinajstić information content (AvgIpc) is 3.25. The Kier molecular flexibility index (Phi) is 5.13. The summed E-state index contributed by atoms with van der Waals surface area (Å²) in [4.78, 5) is 47.1. The zero-order valence-corrected chi connectivity index (χ0v) is 16.5. The second kappa shape index (κ2) is 7.75. The molecule has 0 spiro atoms. The summed E-state index contributed by atoms with van der Waals surface area (Å²) in [6, 6.07) is 2.63. The number of fused-ring (bicyclic) bond motifs is 2. The van der Waals surface area contributed by atoms with E-state index < -0.39 is 16.6 Å². The molecule has 4 rings (SSSR count). The van der Waals surface area contributed by atoms with Crippen molar-refractivity contribution in [3.63, 3.8) is 0 Å². The molecule has 1 amide bonds. The van der Waals surface area contributed by atoms with Crippen LogP contribution < -0.4 is 21.4 Å². The van der Waals surface area contributed by atoms with Crippen molar-refractivity contribution in [3.8, 4) is 5.75 Å². The van der Waals surface area contributed by atoms with Crippen LogP contribution >= 0.6 is 0 Å². The highest BCUT2D eigenvalue weighted by atomic mass is 16.3. The number of phenols is 1. The Morgan fingerprint density at radius 2 is 1.97 bits per heavy atom. The summed E-state index contributed by atoms with van der Waals surface area (Å²) >= 11 is 0. The normalized spacial score (nSPS) is 15.3. The van der Waals surface area contributed by atoms with Gasteiger partial charge in [0.2, 0.25) is 10.9 Å². The first-order chi connectivity index (χ1) is 14.4. The van der Waals surface area contributed by atoms with E-state index >= 15 is 0 Å². The van der Waals surface area contributed by atoms with Crippen molar-refractivity contribution >= 4 is 34.2 Å². The number of hydrogen-bond acceptors (Lipinski definition) is 7. The first kappa shape index (κ1) is 19.8. The first-order valence-corrected chi connectivity index (χ1v) is 9.79. The van der Waals surface area contributed by atoms with Crippen molar-refractivity contribution in [2.24, 2.45) is 0 Å². The van der Waals surface area contributed by atoms with Crippen LogP contribution in [0.4, 0.5) is 0 Å². The Labute approximate surface area is 170 Å². The Morgan fingerprint density at radius 3 is 2.67 bits per heavy atom. The van der Waals surface area contributed by atoms with Gasteiger partial charge < -0.3 is 25.4 Å². The zero-order valence-electron chi connectivity index (χ0n) is 16.5. The molecule has 1 saturated heterocycles. The predicted octanol–water partition coefficient (Wildman–Crippen LogP) is 0.291. The van der Waals surface area contributed by atoms with Crippen LogP contribution in [0.1, 0.15) is 28.8 Å². The monoisotopic (exact) mass is 410 g/mol. The molecule has 9 nitrogen and oxygen atoms in total. The van der Waals surface area contributed by atoms with E-state index in [9.17, 15) is 24.6 Å². The number of rotatable bonds is 4. The molecule has 9 heteroatoms. The Bertz CT molecular complexity index is 1330. The van der Waals surface area contributed by atoms with Gasteiger partial charge in [0.15, 0.2) is 0 Å². The van der Waals surface area contributed by atoms with Gasteiger partial charge in [-0.1, -0.05) is 0 Å². The maximum atomic E-state index is 12.8. The number of aromatic amines is 1. The van der Waals surface area contributed by atoms with Gasteiger partial charge in [-0.3, -0.25) is 14.4 Å². The van der Waals surface area contributed by atoms with E-state index in [1.54, 1.807) is 0 Å². The number of aromatic nitrogens is 2. The lowest BCUT2D eigenvalue weighted by molar-refractivity contribution is 0.0951. The number of nitrogens with one attached hydrogen (secondary N) is 2. The van der Waals surface area contributed by atoms with Crippen LogP contribution in [0.2, 0.25) is 0 Å². The molecule has 0 atom stereocenters. The third-order valence-electron chi connectivity index (χ3n) is 5.57. The molecule has 4 N–H and O–H groups in total. The van der Waals surface area contributed by atoms with Crippen LogP contribution in [-0.4, -0.2) is 57.2 Å². The minimum absolute atomic E-state index is 0.00480. The van der Waals surface area contributed by atoms with Gasteiger partial charge >= 0.3 is 0 Å². The van der Waals surface area contributed by atoms with E-state index in [1.165, 1.54) is 19.1 Å². The van der Waals surface area contributed by atoms with Crippen molar-refractivity contribution in [1.82, 2.24) is 20.2 Å². The highest BCUT2D eigenvalue weighted by Gasteiger charge is 2.19. The van der Waals surface area contributed by atoms with Gasteiger partial charge in [0.05, 0.1) is 22.6 Å². The fourth-order valence-corrected chi connectivity index (χ4v) is 3.87. The van der Waals surface area contributed by atoms with Gasteiger partial charge in [-0.15, -0.1) is 0 Å². The lowest BCUT2D eigenvalue weighted by Gasteiger charge is -2.15. The summed E-state index contributed by atoms with van der Waals surface area (Å²) in [6.07, 6.45) is 2.96. The number of amides is 1. The number of nitrogens with zero attached hydrogens (tertiary/aromatic N) is 2. The molecule has 0 aliphatic carbocycles. The van der Waals surface area contributed by atoms with Gasteiger partial charge in [-0.25, -0.2) is 4.98 Å². The van der Waals surface area contributed by atoms with Gasteiger partial charge in [-0.05, 0) is 45.0 Å². The van der Waals surface area contributed by atoms with Crippen LogP contribution in [-0.2, 0) is 0 Å². The number of aliphatic hydroxyl groups excluding tert-OH is 1. The molecule has 30 heavy (non-hydrogen) atoms. The Balaban J connectivity index is 1.82. The minimum atomic E-state index is -0.529. The zero-order chi connectivity index (χ0) is 21.4. The largest absolute Gasteiger partial charge is 0.515 e. The molecule has 0 radical (unpaired) electrons. The van der Waals surface area contributed by atoms with Crippen molar-refractivity contribution < 1.29 is 15.0 Å². The highest BCUT2D eigenvalue weighted by Crippen LogP contribution is 2.17. The van der Waals surface area contributed by atoms with Crippen LogP contribution in [0.15, 0.2) is 21.7 Å². The first-order valence-electron chi connectivity index (χ1n) is 9.79. The fourth-order valence-electron chi connectivity index (χ4n) is 3.87. The standard InChI is InChI=1S/C21H22N4O5/c1-11-19(28)13(10-26)16-18(20(11)29)24-15-12(4-5-14(27)17(15)23-16)21(30)22-6-9-25-7-2-3-8-25/h4-5,10,24,26,28H,2-3,6-9H2,1H3,(H,22,30). The number of carbonyl (C=O) groups is 1. The second-order valence-corrected chi connectivity index (χ2v) is 7.45. The Hall–Kier alpha value is -3.46. The molecule has 1 aromatic heterocycles. The number of aromatic hydroxyl groups is 1. The van der Waals surface area contributed by atoms with Crippen molar-refractivity contribution in [2.45, 2.75) is 19.8 Å². The fraction of sp³-hybridized carbons (Fsp3) is 0.333. The average molecular weight is 410 g/mol. The van der Waals surface area contributed by atoms with Crippen LogP contribution in [0.25, 0.3) is 28.3 Å². The smallest absolute Gasteiger partial charge is 0.253 e. The summed E-state index contributed by atoms with van der Waals surface area (Å²) in [5, 5.41) is 22.5. The topological polar surface area (TPSA) is 136 Å². The molecule has 1 aliphatic heterocycles. The summed E-state index contributed by atoms with van der Waals surface area (Å²) in [5.74, 6) is -0.785. The summed E-state index contributed by atoms with van der Waals surface area (Å²) < 4.78 is 0. The lowest BCUT2D eigenvalue weighted by Crippen LogP contribution is -2.33. The van der Waals surface area contributed by atoms with Crippen molar-refractivity contribution in [1.29, 1.82) is 0 Å². The molecular formula is C21H22N4O5. The van der Waals surface area contributed by atoms with Gasteiger partial charge in [0.1, 0.15) is 22.3 Å². The predicted molar refractivity (Wildman–Crippen MR) is 113 cm³/mol. The molecule has 0 bridgehead atoms. The molecule has 1 aliphatic rings. The maximum absolute atomic E-state index is 12.8. The maximum Gasteiger partial charge on any atom is 0.253 e. The van der Waals surface area contributed by atoms with Crippen LogP contribution in [0.3, 0.4) is 0 Å². The number of carbonyl (C=O) groups excluding carboxylic acids is 1. The van der Waals surface area contributed by atoms with E-state index in [2.05, 4.69) is 20.2 Å². The van der Waals surface area contributed by atoms with E-state index in [-0.39, 0.29) is 44.3 Å². The van der Waals surface area contributed by atoms with E-state index in [4.69, 9.17) is 0 Å². The molecule has 156 valence electrons. The van der Waals surface area contributed by atoms with E-state index in [0.29, 0.717) is 12.8 Å². The van der Waals surface area contributed by atoms with Crippen LogP contribution in [0.5, 0.6) is 5.75 Å². The van der Waals surface area contributed by atoms with E-state index in [1.807, 2.05) is 0 Å². The molecule has 2 aromatic carbocycles. The molecule has 0 unspecified atom stereocenters. The van der Waals surface area contributed by atoms with Gasteiger partial charge in [0, 0.05) is 18.7 Å².